The van der Waals surface area contributed by atoms with Gasteiger partial charge in [-0.05, 0) is 11.1 Å². The summed E-state index contributed by atoms with van der Waals surface area (Å²) in [5.74, 6) is -1.00. The standard InChI is InChI=1S/C14H15N3OS.C2H4O2/c15-14(16)17-19(18)13(11-7-3-1-4-8-11)12-9-5-2-6-10-12;1-2(3)4/h1-10,13H,(H4,15,16,17);1H3,(H,3,4). The molecule has 0 saturated carbocycles. The fourth-order valence-corrected chi connectivity index (χ4v) is 2.93. The summed E-state index contributed by atoms with van der Waals surface area (Å²) in [6.45, 7) is 1.08. The Labute approximate surface area is 137 Å². The number of carboxylic acid groups (broad SMARTS) is 1. The molecule has 1 unspecified atom stereocenters. The van der Waals surface area contributed by atoms with E-state index in [1.807, 2.05) is 60.7 Å². The first-order chi connectivity index (χ1) is 10.9. The number of carbonyl (C=O) groups is 1. The minimum absolute atomic E-state index is 0.171. The minimum atomic E-state index is -1.55. The molecular weight excluding hydrogens is 314 g/mol. The van der Waals surface area contributed by atoms with Crippen LogP contribution in [0, 0.1) is 0 Å². The highest BCUT2D eigenvalue weighted by Crippen LogP contribution is 2.28. The molecule has 0 fully saturated rings. The monoisotopic (exact) mass is 333 g/mol. The molecule has 0 aliphatic carbocycles. The molecule has 6 nitrogen and oxygen atoms in total. The van der Waals surface area contributed by atoms with Crippen LogP contribution in [0.4, 0.5) is 0 Å². The van der Waals surface area contributed by atoms with Gasteiger partial charge in [-0.25, -0.2) is 4.21 Å². The molecule has 0 bridgehead atoms. The number of carboxylic acids is 1. The number of guanidine groups is 1. The quantitative estimate of drug-likeness (QED) is 0.582. The van der Waals surface area contributed by atoms with Crippen LogP contribution in [0.2, 0.25) is 0 Å². The van der Waals surface area contributed by atoms with Crippen molar-refractivity contribution in [1.29, 1.82) is 0 Å². The first-order valence-electron chi connectivity index (χ1n) is 6.71. The summed E-state index contributed by atoms with van der Waals surface area (Å²) in [6, 6.07) is 19.1. The van der Waals surface area contributed by atoms with Gasteiger partial charge in [-0.15, -0.1) is 0 Å². The number of nitrogens with zero attached hydrogens (tertiary/aromatic N) is 1. The zero-order chi connectivity index (χ0) is 17.2. The van der Waals surface area contributed by atoms with Crippen molar-refractivity contribution < 1.29 is 14.1 Å². The number of hydrogen-bond acceptors (Lipinski definition) is 2. The fourth-order valence-electron chi connectivity index (χ4n) is 1.84. The van der Waals surface area contributed by atoms with Crippen molar-refractivity contribution in [2.24, 2.45) is 15.9 Å². The van der Waals surface area contributed by atoms with Crippen LogP contribution in [0.3, 0.4) is 0 Å². The fraction of sp³-hybridized carbons (Fsp3) is 0.125. The van der Waals surface area contributed by atoms with E-state index < -0.39 is 17.0 Å². The maximum Gasteiger partial charge on any atom is 0.300 e. The van der Waals surface area contributed by atoms with E-state index in [2.05, 4.69) is 4.40 Å². The molecule has 0 radical (unpaired) electrons. The Bertz CT molecular complexity index is 628. The number of benzene rings is 2. The summed E-state index contributed by atoms with van der Waals surface area (Å²) >= 11 is 0. The van der Waals surface area contributed by atoms with E-state index in [1.165, 1.54) is 0 Å². The molecule has 2 rings (SSSR count). The average molecular weight is 333 g/mol. The average Bonchev–Trinajstić information content (AvgIpc) is 2.48. The van der Waals surface area contributed by atoms with Gasteiger partial charge < -0.3 is 16.6 Å². The van der Waals surface area contributed by atoms with E-state index in [0.717, 1.165) is 18.1 Å². The van der Waals surface area contributed by atoms with Crippen molar-refractivity contribution >= 4 is 22.9 Å². The molecular formula is C16H19N3O3S. The third kappa shape index (κ3) is 6.75. The predicted octanol–water partition coefficient (Wildman–Crippen LogP) is 1.80. The van der Waals surface area contributed by atoms with Crippen molar-refractivity contribution in [3.63, 3.8) is 0 Å². The van der Waals surface area contributed by atoms with Gasteiger partial charge in [0.05, 0.1) is 0 Å². The molecule has 122 valence electrons. The third-order valence-electron chi connectivity index (χ3n) is 2.60. The number of nitrogens with two attached hydrogens (primary N) is 2. The van der Waals surface area contributed by atoms with Crippen LogP contribution in [-0.2, 0) is 15.8 Å². The van der Waals surface area contributed by atoms with E-state index in [4.69, 9.17) is 21.4 Å². The van der Waals surface area contributed by atoms with Crippen LogP contribution in [-0.4, -0.2) is 21.2 Å². The maximum atomic E-state index is 12.3. The molecule has 1 atom stereocenters. The highest BCUT2D eigenvalue weighted by atomic mass is 32.2. The molecule has 5 N–H and O–H groups in total. The molecule has 0 aromatic heterocycles. The second kappa shape index (κ2) is 9.37. The smallest absolute Gasteiger partial charge is 0.300 e. The molecule has 0 heterocycles. The Balaban J connectivity index is 0.000000593. The Morgan fingerprint density at radius 1 is 1.00 bits per heavy atom. The summed E-state index contributed by atoms with van der Waals surface area (Å²) in [6.07, 6.45) is 0. The van der Waals surface area contributed by atoms with Crippen LogP contribution in [0.1, 0.15) is 23.3 Å². The highest BCUT2D eigenvalue weighted by molar-refractivity contribution is 7.84. The van der Waals surface area contributed by atoms with Gasteiger partial charge in [-0.3, -0.25) is 4.79 Å². The van der Waals surface area contributed by atoms with Crippen LogP contribution in [0.25, 0.3) is 0 Å². The zero-order valence-electron chi connectivity index (χ0n) is 12.6. The first kappa shape index (κ1) is 18.4. The molecule has 0 saturated heterocycles. The Morgan fingerprint density at radius 2 is 1.35 bits per heavy atom. The Kier molecular flexibility index (Phi) is 7.49. The van der Waals surface area contributed by atoms with Crippen molar-refractivity contribution in [1.82, 2.24) is 0 Å². The topological polar surface area (TPSA) is 119 Å². The van der Waals surface area contributed by atoms with E-state index >= 15 is 0 Å². The molecule has 2 aromatic rings. The highest BCUT2D eigenvalue weighted by Gasteiger charge is 2.20. The lowest BCUT2D eigenvalue weighted by Gasteiger charge is -2.14. The summed E-state index contributed by atoms with van der Waals surface area (Å²) in [5, 5.41) is 7.05. The maximum absolute atomic E-state index is 12.3. The molecule has 0 aliphatic rings. The lowest BCUT2D eigenvalue weighted by molar-refractivity contribution is -0.134. The van der Waals surface area contributed by atoms with Crippen LogP contribution < -0.4 is 11.5 Å². The predicted molar refractivity (Wildman–Crippen MR) is 92.0 cm³/mol. The first-order valence-corrected chi connectivity index (χ1v) is 7.88. The normalized spacial score (nSPS) is 11.0. The van der Waals surface area contributed by atoms with E-state index in [0.29, 0.717) is 0 Å². The van der Waals surface area contributed by atoms with Gasteiger partial charge in [-0.1, -0.05) is 60.7 Å². The lowest BCUT2D eigenvalue weighted by Crippen LogP contribution is -2.24. The van der Waals surface area contributed by atoms with Gasteiger partial charge >= 0.3 is 0 Å². The second-order valence-corrected chi connectivity index (χ2v) is 5.72. The minimum Gasteiger partial charge on any atom is -0.481 e. The van der Waals surface area contributed by atoms with E-state index in [1.54, 1.807) is 0 Å². The van der Waals surface area contributed by atoms with Crippen molar-refractivity contribution in [3.05, 3.63) is 71.8 Å². The Morgan fingerprint density at radius 3 is 1.65 bits per heavy atom. The molecule has 23 heavy (non-hydrogen) atoms. The summed E-state index contributed by atoms with van der Waals surface area (Å²) in [7, 11) is -1.55. The van der Waals surface area contributed by atoms with E-state index in [9.17, 15) is 4.21 Å². The van der Waals surface area contributed by atoms with Crippen molar-refractivity contribution in [2.45, 2.75) is 12.2 Å². The van der Waals surface area contributed by atoms with Gasteiger partial charge in [0.2, 0.25) is 0 Å². The van der Waals surface area contributed by atoms with Gasteiger partial charge in [-0.2, -0.15) is 4.40 Å². The van der Waals surface area contributed by atoms with Gasteiger partial charge in [0.15, 0.2) is 16.9 Å². The van der Waals surface area contributed by atoms with Crippen LogP contribution in [0.15, 0.2) is 65.1 Å². The zero-order valence-corrected chi connectivity index (χ0v) is 13.4. The second-order valence-electron chi connectivity index (χ2n) is 4.51. The number of aliphatic carboxylic acids is 1. The van der Waals surface area contributed by atoms with Crippen molar-refractivity contribution in [3.8, 4) is 0 Å². The lowest BCUT2D eigenvalue weighted by atomic mass is 10.0. The molecule has 0 spiro atoms. The third-order valence-corrected chi connectivity index (χ3v) is 3.94. The molecule has 7 heteroatoms. The molecule has 0 aliphatic heterocycles. The van der Waals surface area contributed by atoms with Gasteiger partial charge in [0, 0.05) is 6.92 Å². The number of rotatable bonds is 4. The van der Waals surface area contributed by atoms with Crippen molar-refractivity contribution in [2.75, 3.05) is 0 Å². The number of hydrogen-bond donors (Lipinski definition) is 3. The summed E-state index contributed by atoms with van der Waals surface area (Å²) < 4.78 is 16.1. The van der Waals surface area contributed by atoms with Crippen LogP contribution >= 0.6 is 0 Å². The van der Waals surface area contributed by atoms with Gasteiger partial charge in [0.25, 0.3) is 5.97 Å². The molecule has 2 aromatic carbocycles. The SMILES string of the molecule is CC(=O)O.NC(N)=NS(=O)C(c1ccccc1)c1ccccc1. The van der Waals surface area contributed by atoms with E-state index in [-0.39, 0.29) is 11.2 Å². The molecule has 0 amide bonds. The largest absolute Gasteiger partial charge is 0.481 e. The van der Waals surface area contributed by atoms with Crippen LogP contribution in [0.5, 0.6) is 0 Å². The summed E-state index contributed by atoms with van der Waals surface area (Å²) in [5.41, 5.74) is 12.5. The summed E-state index contributed by atoms with van der Waals surface area (Å²) in [4.78, 5) is 9.00. The van der Waals surface area contributed by atoms with Gasteiger partial charge in [0.1, 0.15) is 5.25 Å². The Hall–Kier alpha value is -2.67.